The lowest BCUT2D eigenvalue weighted by molar-refractivity contribution is 0.550. The van der Waals surface area contributed by atoms with Crippen molar-refractivity contribution >= 4 is 29.0 Å². The van der Waals surface area contributed by atoms with Crippen LogP contribution in [0.15, 0.2) is 36.5 Å². The van der Waals surface area contributed by atoms with Crippen LogP contribution in [0.1, 0.15) is 24.1 Å². The predicted octanol–water partition coefficient (Wildman–Crippen LogP) is 3.86. The molecule has 106 valence electrons. The fourth-order valence-corrected chi connectivity index (χ4v) is 2.55. The Labute approximate surface area is 129 Å². The molecule has 0 spiro atoms. The average Bonchev–Trinajstić information content (AvgIpc) is 2.43. The highest BCUT2D eigenvalue weighted by atomic mass is 35.5. The summed E-state index contributed by atoms with van der Waals surface area (Å²) in [4.78, 5) is 4.12. The number of pyridine rings is 1. The maximum atomic E-state index is 6.23. The number of nitrogen functional groups attached to an aromatic ring is 1. The van der Waals surface area contributed by atoms with Crippen molar-refractivity contribution in [2.24, 2.45) is 0 Å². The standard InChI is InChI=1S/C15H17Cl2N3/c1-2-19-14(7-10-5-3-4-6-13(10)17)12-8-11(16)9-20-15(12)18/h3-6,8-9,14,19H,2,7H2,1H3,(H2,18,20). The molecule has 1 atom stereocenters. The summed E-state index contributed by atoms with van der Waals surface area (Å²) in [6.45, 7) is 2.87. The second-order valence-corrected chi connectivity index (χ2v) is 5.38. The largest absolute Gasteiger partial charge is 0.383 e. The molecule has 2 aromatic rings. The Balaban J connectivity index is 2.32. The van der Waals surface area contributed by atoms with Crippen molar-refractivity contribution in [2.75, 3.05) is 12.3 Å². The molecule has 0 radical (unpaired) electrons. The van der Waals surface area contributed by atoms with Gasteiger partial charge in [-0.15, -0.1) is 0 Å². The maximum absolute atomic E-state index is 6.23. The predicted molar refractivity (Wildman–Crippen MR) is 85.2 cm³/mol. The van der Waals surface area contributed by atoms with E-state index in [1.54, 1.807) is 6.20 Å². The number of halogens is 2. The van der Waals surface area contributed by atoms with Crippen LogP contribution in [-0.2, 0) is 6.42 Å². The van der Waals surface area contributed by atoms with Gasteiger partial charge in [0.15, 0.2) is 0 Å². The van der Waals surface area contributed by atoms with Crippen LogP contribution in [0.2, 0.25) is 10.0 Å². The third kappa shape index (κ3) is 3.63. The zero-order valence-electron chi connectivity index (χ0n) is 11.2. The Bertz CT molecular complexity index is 587. The first-order valence-electron chi connectivity index (χ1n) is 6.49. The highest BCUT2D eigenvalue weighted by Gasteiger charge is 2.16. The van der Waals surface area contributed by atoms with Crippen LogP contribution in [-0.4, -0.2) is 11.5 Å². The molecule has 0 amide bonds. The molecule has 0 saturated carbocycles. The van der Waals surface area contributed by atoms with Crippen molar-refractivity contribution in [3.63, 3.8) is 0 Å². The van der Waals surface area contributed by atoms with Crippen molar-refractivity contribution in [1.82, 2.24) is 10.3 Å². The first-order chi connectivity index (χ1) is 9.61. The summed E-state index contributed by atoms with van der Waals surface area (Å²) >= 11 is 12.2. The van der Waals surface area contributed by atoms with Gasteiger partial charge in [0.2, 0.25) is 0 Å². The molecule has 5 heteroatoms. The highest BCUT2D eigenvalue weighted by Crippen LogP contribution is 2.27. The molecule has 1 aromatic heterocycles. The van der Waals surface area contributed by atoms with Crippen molar-refractivity contribution in [2.45, 2.75) is 19.4 Å². The molecule has 0 aliphatic heterocycles. The number of nitrogens with one attached hydrogen (secondary N) is 1. The monoisotopic (exact) mass is 309 g/mol. The van der Waals surface area contributed by atoms with Gasteiger partial charge < -0.3 is 11.1 Å². The Hall–Kier alpha value is -1.29. The van der Waals surface area contributed by atoms with Gasteiger partial charge in [-0.3, -0.25) is 0 Å². The van der Waals surface area contributed by atoms with E-state index < -0.39 is 0 Å². The van der Waals surface area contributed by atoms with Gasteiger partial charge in [-0.1, -0.05) is 48.3 Å². The number of benzene rings is 1. The zero-order chi connectivity index (χ0) is 14.5. The maximum Gasteiger partial charge on any atom is 0.128 e. The lowest BCUT2D eigenvalue weighted by Gasteiger charge is -2.20. The van der Waals surface area contributed by atoms with E-state index in [4.69, 9.17) is 28.9 Å². The third-order valence-corrected chi connectivity index (χ3v) is 3.70. The van der Waals surface area contributed by atoms with Gasteiger partial charge >= 0.3 is 0 Å². The van der Waals surface area contributed by atoms with Crippen LogP contribution in [0.3, 0.4) is 0 Å². The summed E-state index contributed by atoms with van der Waals surface area (Å²) in [6, 6.07) is 9.69. The molecule has 3 N–H and O–H groups in total. The lowest BCUT2D eigenvalue weighted by atomic mass is 9.99. The second kappa shape index (κ2) is 6.93. The molecule has 0 fully saturated rings. The number of nitrogens with zero attached hydrogens (tertiary/aromatic N) is 1. The van der Waals surface area contributed by atoms with Crippen LogP contribution in [0, 0.1) is 0 Å². The Morgan fingerprint density at radius 1 is 1.30 bits per heavy atom. The van der Waals surface area contributed by atoms with E-state index in [1.807, 2.05) is 37.3 Å². The van der Waals surface area contributed by atoms with Crippen LogP contribution in [0.25, 0.3) is 0 Å². The van der Waals surface area contributed by atoms with Crippen molar-refractivity contribution in [3.05, 3.63) is 57.7 Å². The summed E-state index contributed by atoms with van der Waals surface area (Å²) in [6.07, 6.45) is 2.29. The van der Waals surface area contributed by atoms with E-state index in [2.05, 4.69) is 10.3 Å². The number of rotatable bonds is 5. The number of anilines is 1. The van der Waals surface area contributed by atoms with Crippen molar-refractivity contribution in [1.29, 1.82) is 0 Å². The fourth-order valence-electron chi connectivity index (χ4n) is 2.17. The molecule has 2 rings (SSSR count). The van der Waals surface area contributed by atoms with E-state index in [9.17, 15) is 0 Å². The smallest absolute Gasteiger partial charge is 0.128 e. The SMILES string of the molecule is CCNC(Cc1ccccc1Cl)c1cc(Cl)cnc1N. The van der Waals surface area contributed by atoms with Gasteiger partial charge in [0.25, 0.3) is 0 Å². The van der Waals surface area contributed by atoms with Crippen LogP contribution >= 0.6 is 23.2 Å². The molecule has 1 unspecified atom stereocenters. The fraction of sp³-hybridized carbons (Fsp3) is 0.267. The molecular formula is C15H17Cl2N3. The van der Waals surface area contributed by atoms with Crippen molar-refractivity contribution < 1.29 is 0 Å². The summed E-state index contributed by atoms with van der Waals surface area (Å²) in [5.74, 6) is 0.493. The minimum Gasteiger partial charge on any atom is -0.383 e. The summed E-state index contributed by atoms with van der Waals surface area (Å²) in [7, 11) is 0. The Morgan fingerprint density at radius 2 is 2.05 bits per heavy atom. The van der Waals surface area contributed by atoms with Gasteiger partial charge in [0.05, 0.1) is 5.02 Å². The minimum absolute atomic E-state index is 0.0334. The summed E-state index contributed by atoms with van der Waals surface area (Å²) < 4.78 is 0. The van der Waals surface area contributed by atoms with Gasteiger partial charge in [-0.25, -0.2) is 4.98 Å². The Kier molecular flexibility index (Phi) is 5.24. The minimum atomic E-state index is 0.0334. The second-order valence-electron chi connectivity index (χ2n) is 4.53. The molecule has 20 heavy (non-hydrogen) atoms. The normalized spacial score (nSPS) is 12.3. The van der Waals surface area contributed by atoms with Crippen molar-refractivity contribution in [3.8, 4) is 0 Å². The molecule has 0 saturated heterocycles. The molecule has 3 nitrogen and oxygen atoms in total. The summed E-state index contributed by atoms with van der Waals surface area (Å²) in [5, 5.41) is 4.74. The number of likely N-dealkylation sites (N-methyl/N-ethyl adjacent to an activating group) is 1. The van der Waals surface area contributed by atoms with Gasteiger partial charge in [-0.2, -0.15) is 0 Å². The molecular weight excluding hydrogens is 293 g/mol. The molecule has 0 aliphatic carbocycles. The van der Waals surface area contributed by atoms with Gasteiger partial charge in [0.1, 0.15) is 5.82 Å². The lowest BCUT2D eigenvalue weighted by Crippen LogP contribution is -2.24. The van der Waals surface area contributed by atoms with Gasteiger partial charge in [-0.05, 0) is 30.7 Å². The topological polar surface area (TPSA) is 50.9 Å². The molecule has 1 aromatic carbocycles. The van der Waals surface area contributed by atoms with E-state index in [1.165, 1.54) is 0 Å². The quantitative estimate of drug-likeness (QED) is 0.881. The molecule has 1 heterocycles. The number of hydrogen-bond acceptors (Lipinski definition) is 3. The molecule has 0 aliphatic rings. The highest BCUT2D eigenvalue weighted by molar-refractivity contribution is 6.31. The third-order valence-electron chi connectivity index (χ3n) is 3.12. The zero-order valence-corrected chi connectivity index (χ0v) is 12.7. The van der Waals surface area contributed by atoms with E-state index >= 15 is 0 Å². The number of nitrogens with two attached hydrogens (primary N) is 1. The van der Waals surface area contributed by atoms with E-state index in [0.717, 1.165) is 29.1 Å². The van der Waals surface area contributed by atoms with E-state index in [0.29, 0.717) is 10.8 Å². The Morgan fingerprint density at radius 3 is 2.75 bits per heavy atom. The first-order valence-corrected chi connectivity index (χ1v) is 7.25. The van der Waals surface area contributed by atoms with Crippen LogP contribution in [0.5, 0.6) is 0 Å². The average molecular weight is 310 g/mol. The van der Waals surface area contributed by atoms with Crippen LogP contribution < -0.4 is 11.1 Å². The molecule has 0 bridgehead atoms. The summed E-state index contributed by atoms with van der Waals surface area (Å²) in [5.41, 5.74) is 7.94. The first kappa shape index (κ1) is 15.1. The number of aromatic nitrogens is 1. The van der Waals surface area contributed by atoms with Crippen LogP contribution in [0.4, 0.5) is 5.82 Å². The number of hydrogen-bond donors (Lipinski definition) is 2. The van der Waals surface area contributed by atoms with Gasteiger partial charge in [0, 0.05) is 22.8 Å². The van der Waals surface area contributed by atoms with E-state index in [-0.39, 0.29) is 6.04 Å².